The van der Waals surface area contributed by atoms with Crippen LogP contribution >= 0.6 is 11.6 Å². The number of nitrogens with zero attached hydrogens (tertiary/aromatic N) is 2. The largest absolute Gasteiger partial charge is 0.341 e. The van der Waals surface area contributed by atoms with E-state index >= 15 is 0 Å². The van der Waals surface area contributed by atoms with Gasteiger partial charge in [0, 0.05) is 31.5 Å². The third-order valence-electron chi connectivity index (χ3n) is 2.21. The fraction of sp³-hybridized carbons (Fsp3) is 0.333. The van der Waals surface area contributed by atoms with Crippen molar-refractivity contribution in [2.75, 3.05) is 7.05 Å². The molecule has 3 nitrogen and oxygen atoms in total. The first-order valence-electron chi connectivity index (χ1n) is 4.99. The summed E-state index contributed by atoms with van der Waals surface area (Å²) in [7, 11) is 1.73. The number of hydrogen-bond acceptors (Lipinski definition) is 2. The summed E-state index contributed by atoms with van der Waals surface area (Å²) in [5.41, 5.74) is 1.03. The first-order chi connectivity index (χ1) is 7.63. The Hall–Kier alpha value is -1.53. The second-order valence-corrected chi connectivity index (χ2v) is 3.97. The summed E-state index contributed by atoms with van der Waals surface area (Å²) < 4.78 is 0. The van der Waals surface area contributed by atoms with Gasteiger partial charge in [-0.15, -0.1) is 0 Å². The molecule has 0 fully saturated rings. The van der Waals surface area contributed by atoms with E-state index in [9.17, 15) is 4.79 Å². The molecule has 4 heteroatoms. The van der Waals surface area contributed by atoms with Crippen molar-refractivity contribution in [1.29, 1.82) is 5.26 Å². The molecule has 0 N–H and O–H groups in total. The molecular weight excluding hydrogens is 224 g/mol. The van der Waals surface area contributed by atoms with Gasteiger partial charge in [0.1, 0.15) is 0 Å². The van der Waals surface area contributed by atoms with E-state index < -0.39 is 0 Å². The van der Waals surface area contributed by atoms with Gasteiger partial charge in [0.2, 0.25) is 5.91 Å². The molecule has 0 heterocycles. The average Bonchev–Trinajstić information content (AvgIpc) is 2.29. The molecule has 0 unspecified atom stereocenters. The number of nitriles is 1. The normalized spacial score (nSPS) is 9.56. The van der Waals surface area contributed by atoms with E-state index in [0.29, 0.717) is 11.6 Å². The Balaban J connectivity index is 2.51. The van der Waals surface area contributed by atoms with Crippen LogP contribution in [0.15, 0.2) is 24.3 Å². The fourth-order valence-electron chi connectivity index (χ4n) is 1.31. The number of rotatable bonds is 4. The van der Waals surface area contributed by atoms with Gasteiger partial charge in [0.25, 0.3) is 0 Å². The minimum Gasteiger partial charge on any atom is -0.341 e. The SMILES string of the molecule is CN(Cc1ccc(Cl)cc1)C(=O)CCC#N. The van der Waals surface area contributed by atoms with E-state index in [-0.39, 0.29) is 18.7 Å². The number of carbonyl (C=O) groups excluding carboxylic acids is 1. The lowest BCUT2D eigenvalue weighted by Crippen LogP contribution is -2.25. The molecule has 1 amide bonds. The zero-order chi connectivity index (χ0) is 12.0. The van der Waals surface area contributed by atoms with Gasteiger partial charge in [0.05, 0.1) is 6.07 Å². The third kappa shape index (κ3) is 3.92. The van der Waals surface area contributed by atoms with Gasteiger partial charge < -0.3 is 4.90 Å². The second-order valence-electron chi connectivity index (χ2n) is 3.53. The van der Waals surface area contributed by atoms with Gasteiger partial charge in [-0.25, -0.2) is 0 Å². The maximum absolute atomic E-state index is 11.5. The van der Waals surface area contributed by atoms with Crippen LogP contribution in [0, 0.1) is 11.3 Å². The lowest BCUT2D eigenvalue weighted by Gasteiger charge is -2.16. The van der Waals surface area contributed by atoms with Crippen molar-refractivity contribution in [1.82, 2.24) is 4.90 Å². The van der Waals surface area contributed by atoms with E-state index in [1.54, 1.807) is 24.1 Å². The van der Waals surface area contributed by atoms with E-state index in [1.165, 1.54) is 0 Å². The van der Waals surface area contributed by atoms with Gasteiger partial charge in [0.15, 0.2) is 0 Å². The van der Waals surface area contributed by atoms with Crippen LogP contribution in [0.2, 0.25) is 5.02 Å². The Kier molecular flexibility index (Phi) is 4.81. The molecule has 0 aliphatic rings. The summed E-state index contributed by atoms with van der Waals surface area (Å²) in [6.45, 7) is 0.543. The molecule has 16 heavy (non-hydrogen) atoms. The van der Waals surface area contributed by atoms with Crippen molar-refractivity contribution < 1.29 is 4.79 Å². The van der Waals surface area contributed by atoms with Crippen molar-refractivity contribution >= 4 is 17.5 Å². The zero-order valence-electron chi connectivity index (χ0n) is 9.11. The topological polar surface area (TPSA) is 44.1 Å². The molecule has 0 aliphatic heterocycles. The lowest BCUT2D eigenvalue weighted by atomic mass is 10.2. The highest BCUT2D eigenvalue weighted by molar-refractivity contribution is 6.30. The Labute approximate surface area is 100 Å². The summed E-state index contributed by atoms with van der Waals surface area (Å²) in [6, 6.07) is 9.32. The van der Waals surface area contributed by atoms with Crippen LogP contribution in [0.4, 0.5) is 0 Å². The number of hydrogen-bond donors (Lipinski definition) is 0. The molecule has 0 spiro atoms. The maximum atomic E-state index is 11.5. The van der Waals surface area contributed by atoms with E-state index in [1.807, 2.05) is 18.2 Å². The Morgan fingerprint density at radius 1 is 1.44 bits per heavy atom. The fourth-order valence-corrected chi connectivity index (χ4v) is 1.43. The van der Waals surface area contributed by atoms with Crippen molar-refractivity contribution in [2.45, 2.75) is 19.4 Å². The van der Waals surface area contributed by atoms with E-state index in [0.717, 1.165) is 5.56 Å². The maximum Gasteiger partial charge on any atom is 0.223 e. The second kappa shape index (κ2) is 6.14. The monoisotopic (exact) mass is 236 g/mol. The molecule has 0 aromatic heterocycles. The minimum atomic E-state index is -0.0171. The highest BCUT2D eigenvalue weighted by Crippen LogP contribution is 2.11. The molecule has 1 aromatic rings. The van der Waals surface area contributed by atoms with E-state index in [2.05, 4.69) is 0 Å². The summed E-state index contributed by atoms with van der Waals surface area (Å²) in [5.74, 6) is -0.0171. The van der Waals surface area contributed by atoms with Crippen LogP contribution in [0.25, 0.3) is 0 Å². The lowest BCUT2D eigenvalue weighted by molar-refractivity contribution is -0.130. The van der Waals surface area contributed by atoms with Crippen LogP contribution in [0.1, 0.15) is 18.4 Å². The van der Waals surface area contributed by atoms with Crippen LogP contribution in [-0.4, -0.2) is 17.9 Å². The molecule has 0 saturated heterocycles. The Bertz CT molecular complexity index is 394. The Morgan fingerprint density at radius 3 is 2.62 bits per heavy atom. The van der Waals surface area contributed by atoms with Gasteiger partial charge in [-0.05, 0) is 17.7 Å². The highest BCUT2D eigenvalue weighted by Gasteiger charge is 2.08. The number of carbonyl (C=O) groups is 1. The molecule has 84 valence electrons. The molecular formula is C12H13ClN2O. The number of amides is 1. The summed E-state index contributed by atoms with van der Waals surface area (Å²) in [4.78, 5) is 13.1. The summed E-state index contributed by atoms with van der Waals surface area (Å²) >= 11 is 5.76. The first kappa shape index (κ1) is 12.5. The molecule has 0 bridgehead atoms. The van der Waals surface area contributed by atoms with Crippen molar-refractivity contribution in [2.24, 2.45) is 0 Å². The quantitative estimate of drug-likeness (QED) is 0.807. The average molecular weight is 237 g/mol. The van der Waals surface area contributed by atoms with Crippen molar-refractivity contribution in [3.8, 4) is 6.07 Å². The van der Waals surface area contributed by atoms with Gasteiger partial charge >= 0.3 is 0 Å². The van der Waals surface area contributed by atoms with Gasteiger partial charge in [-0.2, -0.15) is 5.26 Å². The Morgan fingerprint density at radius 2 is 2.06 bits per heavy atom. The molecule has 0 saturated carbocycles. The van der Waals surface area contributed by atoms with Gasteiger partial charge in [-0.3, -0.25) is 4.79 Å². The predicted molar refractivity (Wildman–Crippen MR) is 62.8 cm³/mol. The van der Waals surface area contributed by atoms with Crippen LogP contribution in [-0.2, 0) is 11.3 Å². The van der Waals surface area contributed by atoms with Crippen molar-refractivity contribution in [3.05, 3.63) is 34.9 Å². The van der Waals surface area contributed by atoms with E-state index in [4.69, 9.17) is 16.9 Å². The third-order valence-corrected chi connectivity index (χ3v) is 2.46. The number of benzene rings is 1. The molecule has 1 aromatic carbocycles. The van der Waals surface area contributed by atoms with Crippen LogP contribution in [0.5, 0.6) is 0 Å². The number of halogens is 1. The highest BCUT2D eigenvalue weighted by atomic mass is 35.5. The molecule has 0 radical (unpaired) electrons. The minimum absolute atomic E-state index is 0.0171. The smallest absolute Gasteiger partial charge is 0.223 e. The molecule has 0 atom stereocenters. The standard InChI is InChI=1S/C12H13ClN2O/c1-15(12(16)3-2-8-14)9-10-4-6-11(13)7-5-10/h4-7H,2-3,9H2,1H3. The van der Waals surface area contributed by atoms with Crippen molar-refractivity contribution in [3.63, 3.8) is 0 Å². The molecule has 1 rings (SSSR count). The summed E-state index contributed by atoms with van der Waals surface area (Å²) in [6.07, 6.45) is 0.546. The van der Waals surface area contributed by atoms with Gasteiger partial charge in [-0.1, -0.05) is 23.7 Å². The predicted octanol–water partition coefficient (Wildman–Crippen LogP) is 2.60. The summed E-state index contributed by atoms with van der Waals surface area (Å²) in [5, 5.41) is 9.06. The zero-order valence-corrected chi connectivity index (χ0v) is 9.87. The van der Waals surface area contributed by atoms with Crippen LogP contribution < -0.4 is 0 Å². The van der Waals surface area contributed by atoms with Crippen LogP contribution in [0.3, 0.4) is 0 Å². The first-order valence-corrected chi connectivity index (χ1v) is 5.36. The molecule has 0 aliphatic carbocycles.